The van der Waals surface area contributed by atoms with Crippen molar-refractivity contribution in [1.82, 2.24) is 20.0 Å². The van der Waals surface area contributed by atoms with E-state index < -0.39 is 0 Å². The highest BCUT2D eigenvalue weighted by atomic mass is 32.1. The molecular formula is C15H20N4O3S. The number of ether oxygens (including phenoxy) is 1. The van der Waals surface area contributed by atoms with E-state index in [4.69, 9.17) is 9.26 Å². The van der Waals surface area contributed by atoms with Crippen molar-refractivity contribution in [1.29, 1.82) is 0 Å². The maximum atomic E-state index is 12.6. The number of nitrogens with zero attached hydrogens (tertiary/aromatic N) is 4. The highest BCUT2D eigenvalue weighted by molar-refractivity contribution is 7.07. The fourth-order valence-corrected chi connectivity index (χ4v) is 3.62. The van der Waals surface area contributed by atoms with E-state index in [2.05, 4.69) is 15.1 Å². The van der Waals surface area contributed by atoms with Crippen LogP contribution < -0.4 is 0 Å². The molecule has 8 heteroatoms. The molecule has 0 aliphatic carbocycles. The molecule has 0 N–H and O–H groups in total. The van der Waals surface area contributed by atoms with Gasteiger partial charge < -0.3 is 14.2 Å². The molecule has 0 bridgehead atoms. The molecule has 0 saturated carbocycles. The Bertz CT molecular complexity index is 657. The first-order valence-electron chi connectivity index (χ1n) is 7.62. The molecule has 1 aliphatic heterocycles. The summed E-state index contributed by atoms with van der Waals surface area (Å²) in [6.45, 7) is 3.65. The minimum atomic E-state index is -0.322. The van der Waals surface area contributed by atoms with Crippen LogP contribution in [0, 0.1) is 6.92 Å². The quantitative estimate of drug-likeness (QED) is 0.831. The van der Waals surface area contributed by atoms with Crippen LogP contribution in [0.5, 0.6) is 0 Å². The molecule has 1 amide bonds. The maximum absolute atomic E-state index is 12.6. The first-order valence-corrected chi connectivity index (χ1v) is 8.56. The van der Waals surface area contributed by atoms with Crippen molar-refractivity contribution in [2.75, 3.05) is 26.8 Å². The van der Waals surface area contributed by atoms with Crippen molar-refractivity contribution in [2.45, 2.75) is 31.6 Å². The Kier molecular flexibility index (Phi) is 4.72. The standard InChI is InChI=1S/C15H20N4O3S/c1-11-17-14(18-22-11)15(5-7-21-2)4-3-6-19(9-15)13(20)12-8-23-10-16-12/h8,10H,3-7,9H2,1-2H3. The molecule has 2 aromatic rings. The fraction of sp³-hybridized carbons (Fsp3) is 0.600. The maximum Gasteiger partial charge on any atom is 0.273 e. The molecule has 1 aliphatic rings. The zero-order valence-corrected chi connectivity index (χ0v) is 14.1. The number of likely N-dealkylation sites (tertiary alicyclic amines) is 1. The normalized spacial score (nSPS) is 21.6. The molecule has 0 aromatic carbocycles. The van der Waals surface area contributed by atoms with Gasteiger partial charge in [0, 0.05) is 39.1 Å². The molecule has 2 aromatic heterocycles. The number of amides is 1. The summed E-state index contributed by atoms with van der Waals surface area (Å²) in [7, 11) is 1.68. The van der Waals surface area contributed by atoms with E-state index in [-0.39, 0.29) is 11.3 Å². The highest BCUT2D eigenvalue weighted by Gasteiger charge is 2.42. The van der Waals surface area contributed by atoms with Crippen molar-refractivity contribution >= 4 is 17.2 Å². The minimum Gasteiger partial charge on any atom is -0.385 e. The molecule has 0 radical (unpaired) electrons. The van der Waals surface area contributed by atoms with Crippen LogP contribution >= 0.6 is 11.3 Å². The SMILES string of the molecule is COCCC1(c2noc(C)n2)CCCN(C(=O)c2cscn2)C1. The summed E-state index contributed by atoms with van der Waals surface area (Å²) < 4.78 is 10.4. The molecule has 7 nitrogen and oxygen atoms in total. The van der Waals surface area contributed by atoms with Gasteiger partial charge in [-0.25, -0.2) is 4.98 Å². The summed E-state index contributed by atoms with van der Waals surface area (Å²) in [5.41, 5.74) is 1.86. The average molecular weight is 336 g/mol. The summed E-state index contributed by atoms with van der Waals surface area (Å²) >= 11 is 1.43. The second kappa shape index (κ2) is 6.76. The van der Waals surface area contributed by atoms with E-state index in [1.807, 2.05) is 4.90 Å². The third-order valence-electron chi connectivity index (χ3n) is 4.30. The molecule has 1 unspecified atom stereocenters. The minimum absolute atomic E-state index is 0.0343. The zero-order chi connectivity index (χ0) is 16.3. The molecule has 23 heavy (non-hydrogen) atoms. The summed E-state index contributed by atoms with van der Waals surface area (Å²) in [5.74, 6) is 1.18. The van der Waals surface area contributed by atoms with Crippen LogP contribution in [-0.4, -0.2) is 52.7 Å². The van der Waals surface area contributed by atoms with Gasteiger partial charge in [0.2, 0.25) is 5.89 Å². The Labute approximate surface area is 138 Å². The number of hydrogen-bond donors (Lipinski definition) is 0. The van der Waals surface area contributed by atoms with Gasteiger partial charge >= 0.3 is 0 Å². The van der Waals surface area contributed by atoms with Gasteiger partial charge in [-0.2, -0.15) is 4.98 Å². The number of thiazole rings is 1. The average Bonchev–Trinajstić information content (AvgIpc) is 3.24. The van der Waals surface area contributed by atoms with Crippen molar-refractivity contribution < 1.29 is 14.1 Å². The Balaban J connectivity index is 1.85. The van der Waals surface area contributed by atoms with E-state index in [0.717, 1.165) is 25.8 Å². The Morgan fingerprint density at radius 3 is 3.09 bits per heavy atom. The third-order valence-corrected chi connectivity index (χ3v) is 4.89. The van der Waals surface area contributed by atoms with Gasteiger partial charge in [-0.1, -0.05) is 5.16 Å². The van der Waals surface area contributed by atoms with Gasteiger partial charge in [0.05, 0.1) is 10.9 Å². The highest BCUT2D eigenvalue weighted by Crippen LogP contribution is 2.36. The molecule has 3 rings (SSSR count). The first kappa shape index (κ1) is 16.1. The lowest BCUT2D eigenvalue weighted by Gasteiger charge is -2.40. The number of carbonyl (C=O) groups excluding carboxylic acids is 1. The van der Waals surface area contributed by atoms with E-state index >= 15 is 0 Å². The van der Waals surface area contributed by atoms with Crippen molar-refractivity contribution in [2.24, 2.45) is 0 Å². The first-order chi connectivity index (χ1) is 11.1. The van der Waals surface area contributed by atoms with Gasteiger partial charge in [0.25, 0.3) is 5.91 Å². The number of hydrogen-bond acceptors (Lipinski definition) is 7. The number of methoxy groups -OCH3 is 1. The van der Waals surface area contributed by atoms with Gasteiger partial charge in [-0.3, -0.25) is 4.79 Å². The number of aromatic nitrogens is 3. The molecule has 3 heterocycles. The van der Waals surface area contributed by atoms with E-state index in [1.165, 1.54) is 11.3 Å². The number of piperidine rings is 1. The van der Waals surface area contributed by atoms with Gasteiger partial charge in [0.1, 0.15) is 5.69 Å². The van der Waals surface area contributed by atoms with Crippen LogP contribution in [0.2, 0.25) is 0 Å². The van der Waals surface area contributed by atoms with Crippen LogP contribution in [-0.2, 0) is 10.2 Å². The fourth-order valence-electron chi connectivity index (χ4n) is 3.10. The number of carbonyl (C=O) groups is 1. The second-order valence-electron chi connectivity index (χ2n) is 5.86. The summed E-state index contributed by atoms with van der Waals surface area (Å²) in [5, 5.41) is 5.91. The molecule has 1 atom stereocenters. The largest absolute Gasteiger partial charge is 0.385 e. The number of aryl methyl sites for hydroxylation is 1. The van der Waals surface area contributed by atoms with Crippen molar-refractivity contribution in [3.05, 3.63) is 28.3 Å². The van der Waals surface area contributed by atoms with Gasteiger partial charge in [0.15, 0.2) is 5.82 Å². The topological polar surface area (TPSA) is 81.4 Å². The lowest BCUT2D eigenvalue weighted by Crippen LogP contribution is -2.49. The molecule has 1 fully saturated rings. The Hall–Kier alpha value is -1.80. The molecular weight excluding hydrogens is 316 g/mol. The van der Waals surface area contributed by atoms with E-state index in [9.17, 15) is 4.79 Å². The van der Waals surface area contributed by atoms with Crippen LogP contribution in [0.15, 0.2) is 15.4 Å². The van der Waals surface area contributed by atoms with Crippen LogP contribution in [0.1, 0.15) is 41.5 Å². The van der Waals surface area contributed by atoms with Gasteiger partial charge in [-0.15, -0.1) is 11.3 Å². The van der Waals surface area contributed by atoms with Crippen molar-refractivity contribution in [3.8, 4) is 0 Å². The van der Waals surface area contributed by atoms with Crippen LogP contribution in [0.25, 0.3) is 0 Å². The third kappa shape index (κ3) is 3.28. The summed E-state index contributed by atoms with van der Waals surface area (Å²) in [4.78, 5) is 23.0. The molecule has 124 valence electrons. The van der Waals surface area contributed by atoms with Crippen molar-refractivity contribution in [3.63, 3.8) is 0 Å². The lowest BCUT2D eigenvalue weighted by molar-refractivity contribution is 0.0562. The monoisotopic (exact) mass is 336 g/mol. The van der Waals surface area contributed by atoms with Crippen LogP contribution in [0.4, 0.5) is 0 Å². The Morgan fingerprint density at radius 1 is 1.57 bits per heavy atom. The zero-order valence-electron chi connectivity index (χ0n) is 13.3. The van der Waals surface area contributed by atoms with Gasteiger partial charge in [-0.05, 0) is 19.3 Å². The smallest absolute Gasteiger partial charge is 0.273 e. The molecule has 1 saturated heterocycles. The van der Waals surface area contributed by atoms with Crippen LogP contribution in [0.3, 0.4) is 0 Å². The lowest BCUT2D eigenvalue weighted by atomic mass is 9.76. The van der Waals surface area contributed by atoms with E-state index in [1.54, 1.807) is 24.9 Å². The second-order valence-corrected chi connectivity index (χ2v) is 6.58. The Morgan fingerprint density at radius 2 is 2.43 bits per heavy atom. The predicted octanol–water partition coefficient (Wildman–Crippen LogP) is 2.05. The summed E-state index contributed by atoms with van der Waals surface area (Å²) in [6, 6.07) is 0. The predicted molar refractivity (Wildman–Crippen MR) is 84.5 cm³/mol. The number of rotatable bonds is 5. The molecule has 0 spiro atoms. The summed E-state index contributed by atoms with van der Waals surface area (Å²) in [6.07, 6.45) is 2.56. The van der Waals surface area contributed by atoms with E-state index in [0.29, 0.717) is 30.6 Å².